The van der Waals surface area contributed by atoms with E-state index in [1.165, 1.54) is 0 Å². The molecule has 0 radical (unpaired) electrons. The number of aromatic hydroxyl groups is 1. The molecule has 0 atom stereocenters. The summed E-state index contributed by atoms with van der Waals surface area (Å²) in [5, 5.41) is 9.98. The van der Waals surface area contributed by atoms with Crippen LogP contribution in [0.15, 0.2) is 12.1 Å². The van der Waals surface area contributed by atoms with Crippen molar-refractivity contribution in [2.45, 2.75) is 31.7 Å². The van der Waals surface area contributed by atoms with Gasteiger partial charge < -0.3 is 15.6 Å². The Morgan fingerprint density at radius 1 is 1.47 bits per heavy atom. The fraction of sp³-hybridized carbons (Fsp3) is 0.500. The van der Waals surface area contributed by atoms with E-state index < -0.39 is 0 Å². The van der Waals surface area contributed by atoms with Crippen molar-refractivity contribution in [3.05, 3.63) is 23.3 Å². The number of phenolic OH excluding ortho intramolecular Hbond substituents is 1. The average Bonchev–Trinajstić information content (AvgIpc) is 2.92. The predicted molar refractivity (Wildman–Crippen MR) is 59.3 cm³/mol. The number of hydrogen-bond donors (Lipinski definition) is 2. The minimum Gasteiger partial charge on any atom is -0.504 e. The van der Waals surface area contributed by atoms with E-state index in [0.29, 0.717) is 5.75 Å². The maximum atomic E-state index is 9.98. The second-order valence-electron chi connectivity index (χ2n) is 4.45. The summed E-state index contributed by atoms with van der Waals surface area (Å²) in [7, 11) is 1.56. The Bertz CT molecular complexity index is 383. The number of rotatable bonds is 3. The van der Waals surface area contributed by atoms with Crippen LogP contribution in [-0.4, -0.2) is 17.8 Å². The fourth-order valence-corrected chi connectivity index (χ4v) is 1.79. The van der Waals surface area contributed by atoms with Gasteiger partial charge in [-0.05, 0) is 37.8 Å². The van der Waals surface area contributed by atoms with Crippen molar-refractivity contribution in [3.8, 4) is 11.5 Å². The molecule has 0 heterocycles. The number of ether oxygens (including phenoxy) is 1. The quantitative estimate of drug-likeness (QED) is 0.793. The van der Waals surface area contributed by atoms with E-state index in [-0.39, 0.29) is 11.3 Å². The van der Waals surface area contributed by atoms with Gasteiger partial charge in [0.05, 0.1) is 7.11 Å². The van der Waals surface area contributed by atoms with Crippen LogP contribution in [0.2, 0.25) is 0 Å². The molecular formula is C12H17NO2. The summed E-state index contributed by atoms with van der Waals surface area (Å²) >= 11 is 0. The Kier molecular flexibility index (Phi) is 2.35. The molecule has 15 heavy (non-hydrogen) atoms. The largest absolute Gasteiger partial charge is 0.504 e. The number of hydrogen-bond acceptors (Lipinski definition) is 3. The van der Waals surface area contributed by atoms with Crippen LogP contribution >= 0.6 is 0 Å². The number of nitrogens with two attached hydrogens (primary N) is 1. The highest BCUT2D eigenvalue weighted by atomic mass is 16.5. The van der Waals surface area contributed by atoms with Crippen molar-refractivity contribution in [3.63, 3.8) is 0 Å². The first-order chi connectivity index (χ1) is 7.06. The van der Waals surface area contributed by atoms with Gasteiger partial charge in [0.2, 0.25) is 0 Å². The predicted octanol–water partition coefficient (Wildman–Crippen LogP) is 1.74. The number of phenols is 1. The second-order valence-corrected chi connectivity index (χ2v) is 4.45. The van der Waals surface area contributed by atoms with Crippen LogP contribution < -0.4 is 10.5 Å². The lowest BCUT2D eigenvalue weighted by Gasteiger charge is -2.15. The third-order valence-corrected chi connectivity index (χ3v) is 3.12. The van der Waals surface area contributed by atoms with E-state index in [2.05, 4.69) is 0 Å². The van der Waals surface area contributed by atoms with Gasteiger partial charge in [0.15, 0.2) is 11.5 Å². The minimum absolute atomic E-state index is 0.0887. The smallest absolute Gasteiger partial charge is 0.161 e. The zero-order valence-electron chi connectivity index (χ0n) is 9.21. The lowest BCUT2D eigenvalue weighted by molar-refractivity contribution is 0.369. The molecule has 82 valence electrons. The Morgan fingerprint density at radius 3 is 2.67 bits per heavy atom. The first-order valence-electron chi connectivity index (χ1n) is 5.20. The topological polar surface area (TPSA) is 55.5 Å². The van der Waals surface area contributed by atoms with Crippen LogP contribution in [0, 0.1) is 6.92 Å². The van der Waals surface area contributed by atoms with Crippen LogP contribution in [0.4, 0.5) is 0 Å². The third-order valence-electron chi connectivity index (χ3n) is 3.12. The molecule has 0 aromatic heterocycles. The number of methoxy groups -OCH3 is 1. The molecule has 2 rings (SSSR count). The van der Waals surface area contributed by atoms with E-state index in [4.69, 9.17) is 10.5 Å². The highest BCUT2D eigenvalue weighted by molar-refractivity contribution is 5.50. The van der Waals surface area contributed by atoms with E-state index in [1.54, 1.807) is 13.2 Å². The van der Waals surface area contributed by atoms with Gasteiger partial charge in [0.25, 0.3) is 0 Å². The van der Waals surface area contributed by atoms with E-state index in [0.717, 1.165) is 30.4 Å². The molecule has 1 aliphatic carbocycles. The molecule has 1 saturated carbocycles. The monoisotopic (exact) mass is 207 g/mol. The van der Waals surface area contributed by atoms with Gasteiger partial charge in [-0.2, -0.15) is 0 Å². The van der Waals surface area contributed by atoms with E-state index in [9.17, 15) is 5.11 Å². The van der Waals surface area contributed by atoms with Crippen molar-refractivity contribution >= 4 is 0 Å². The highest BCUT2D eigenvalue weighted by Crippen LogP contribution is 2.41. The summed E-state index contributed by atoms with van der Waals surface area (Å²) in [5.74, 6) is 0.772. The fourth-order valence-electron chi connectivity index (χ4n) is 1.79. The maximum Gasteiger partial charge on any atom is 0.161 e. The number of aryl methyl sites for hydroxylation is 1. The summed E-state index contributed by atoms with van der Waals surface area (Å²) < 4.78 is 5.08. The molecule has 0 saturated heterocycles. The van der Waals surface area contributed by atoms with Crippen molar-refractivity contribution in [2.75, 3.05) is 7.11 Å². The van der Waals surface area contributed by atoms with Crippen molar-refractivity contribution in [1.29, 1.82) is 0 Å². The van der Waals surface area contributed by atoms with Gasteiger partial charge in [-0.3, -0.25) is 0 Å². The van der Waals surface area contributed by atoms with E-state index in [1.807, 2.05) is 13.0 Å². The zero-order chi connectivity index (χ0) is 11.1. The normalized spacial score (nSPS) is 17.5. The van der Waals surface area contributed by atoms with Crippen molar-refractivity contribution in [2.24, 2.45) is 5.73 Å². The summed E-state index contributed by atoms with van der Waals surface area (Å²) in [6.07, 6.45) is 2.83. The average molecular weight is 207 g/mol. The van der Waals surface area contributed by atoms with Crippen LogP contribution in [0.25, 0.3) is 0 Å². The van der Waals surface area contributed by atoms with Crippen LogP contribution in [0.3, 0.4) is 0 Å². The van der Waals surface area contributed by atoms with Gasteiger partial charge in [-0.15, -0.1) is 0 Å². The summed E-state index contributed by atoms with van der Waals surface area (Å²) in [6.45, 7) is 1.99. The molecular weight excluding hydrogens is 190 g/mol. The molecule has 1 aliphatic rings. The maximum absolute atomic E-state index is 9.98. The SMILES string of the molecule is COc1ccc(C)c(CC2(N)CC2)c1O. The standard InChI is InChI=1S/C12H17NO2/c1-8-3-4-10(15-2)11(14)9(8)7-12(13)5-6-12/h3-4,14H,5-7,13H2,1-2H3. The number of benzene rings is 1. The molecule has 0 aliphatic heterocycles. The molecule has 0 amide bonds. The summed E-state index contributed by atoms with van der Waals surface area (Å²) in [4.78, 5) is 0. The zero-order valence-corrected chi connectivity index (χ0v) is 9.21. The molecule has 0 bridgehead atoms. The molecule has 1 aromatic rings. The van der Waals surface area contributed by atoms with Crippen LogP contribution in [0.5, 0.6) is 11.5 Å². The molecule has 1 fully saturated rings. The molecule has 3 nitrogen and oxygen atoms in total. The Hall–Kier alpha value is -1.22. The highest BCUT2D eigenvalue weighted by Gasteiger charge is 2.39. The molecule has 3 N–H and O–H groups in total. The van der Waals surface area contributed by atoms with Crippen LogP contribution in [-0.2, 0) is 6.42 Å². The van der Waals surface area contributed by atoms with Crippen molar-refractivity contribution < 1.29 is 9.84 Å². The molecule has 1 aromatic carbocycles. The lowest BCUT2D eigenvalue weighted by atomic mass is 9.98. The molecule has 0 unspecified atom stereocenters. The lowest BCUT2D eigenvalue weighted by Crippen LogP contribution is -2.25. The Balaban J connectivity index is 2.35. The first kappa shape index (κ1) is 10.3. The minimum atomic E-state index is -0.0887. The first-order valence-corrected chi connectivity index (χ1v) is 5.20. The van der Waals surface area contributed by atoms with E-state index >= 15 is 0 Å². The van der Waals surface area contributed by atoms with Crippen LogP contribution in [0.1, 0.15) is 24.0 Å². The van der Waals surface area contributed by atoms with Gasteiger partial charge in [0.1, 0.15) is 0 Å². The van der Waals surface area contributed by atoms with Crippen molar-refractivity contribution in [1.82, 2.24) is 0 Å². The molecule has 3 heteroatoms. The molecule has 0 spiro atoms. The third kappa shape index (κ3) is 1.92. The van der Waals surface area contributed by atoms with Gasteiger partial charge in [0, 0.05) is 11.1 Å². The van der Waals surface area contributed by atoms with Gasteiger partial charge in [-0.1, -0.05) is 6.07 Å². The van der Waals surface area contributed by atoms with Gasteiger partial charge in [-0.25, -0.2) is 0 Å². The second kappa shape index (κ2) is 3.42. The van der Waals surface area contributed by atoms with Gasteiger partial charge >= 0.3 is 0 Å². The Labute approximate surface area is 89.9 Å². The summed E-state index contributed by atoms with van der Waals surface area (Å²) in [5.41, 5.74) is 7.97. The Morgan fingerprint density at radius 2 is 2.13 bits per heavy atom. The summed E-state index contributed by atoms with van der Waals surface area (Å²) in [6, 6.07) is 3.74.